The molecule has 0 aromatic rings. The molecule has 0 bridgehead atoms. The zero-order chi connectivity index (χ0) is 10.3. The zero-order valence-corrected chi connectivity index (χ0v) is 9.93. The Balaban J connectivity index is 3.69. The van der Waals surface area contributed by atoms with E-state index in [1.807, 2.05) is 0 Å². The summed E-state index contributed by atoms with van der Waals surface area (Å²) in [6.07, 6.45) is 1.26. The van der Waals surface area contributed by atoms with Crippen LogP contribution in [0.25, 0.3) is 0 Å². The lowest BCUT2D eigenvalue weighted by Gasteiger charge is -2.24. The first-order chi connectivity index (χ1) is 6.15. The van der Waals surface area contributed by atoms with Crippen LogP contribution in [0.4, 0.5) is 0 Å². The van der Waals surface area contributed by atoms with E-state index in [4.69, 9.17) is 0 Å². The van der Waals surface area contributed by atoms with Gasteiger partial charge in [0.15, 0.2) is 0 Å². The van der Waals surface area contributed by atoms with Gasteiger partial charge in [-0.15, -0.1) is 0 Å². The summed E-state index contributed by atoms with van der Waals surface area (Å²) in [5.41, 5.74) is 0. The van der Waals surface area contributed by atoms with Crippen LogP contribution in [0, 0.1) is 5.92 Å². The van der Waals surface area contributed by atoms with Crippen LogP contribution in [-0.4, -0.2) is 37.6 Å². The molecule has 0 rings (SSSR count). The lowest BCUT2D eigenvalue weighted by molar-refractivity contribution is 0.267. The Labute approximate surface area is 83.7 Å². The van der Waals surface area contributed by atoms with Crippen molar-refractivity contribution in [3.8, 4) is 0 Å². The molecular formula is C11H26N2. The Morgan fingerprint density at radius 1 is 1.15 bits per heavy atom. The predicted octanol–water partition coefficient (Wildman–Crippen LogP) is 1.96. The molecule has 0 radical (unpaired) electrons. The molecule has 2 nitrogen and oxygen atoms in total. The number of rotatable bonds is 7. The molecule has 0 saturated heterocycles. The number of hydrogen-bond acceptors (Lipinski definition) is 2. The smallest absolute Gasteiger partial charge is 0.00992 e. The Morgan fingerprint density at radius 2 is 1.69 bits per heavy atom. The first kappa shape index (κ1) is 12.9. The third-order valence-electron chi connectivity index (χ3n) is 2.83. The molecule has 0 aliphatic rings. The number of hydrogen-bond donors (Lipinski definition) is 1. The lowest BCUT2D eigenvalue weighted by atomic mass is 10.0. The second-order valence-corrected chi connectivity index (χ2v) is 3.95. The highest BCUT2D eigenvalue weighted by Gasteiger charge is 2.11. The molecule has 0 saturated carbocycles. The molecule has 0 aliphatic heterocycles. The van der Waals surface area contributed by atoms with Gasteiger partial charge in [-0.05, 0) is 39.0 Å². The monoisotopic (exact) mass is 186 g/mol. The maximum Gasteiger partial charge on any atom is 0.00992 e. The van der Waals surface area contributed by atoms with Gasteiger partial charge in [-0.3, -0.25) is 0 Å². The van der Waals surface area contributed by atoms with E-state index in [2.05, 4.69) is 45.0 Å². The van der Waals surface area contributed by atoms with Crippen molar-refractivity contribution in [1.29, 1.82) is 0 Å². The summed E-state index contributed by atoms with van der Waals surface area (Å²) in [5, 5.41) is 3.38. The van der Waals surface area contributed by atoms with Crippen molar-refractivity contribution >= 4 is 0 Å². The predicted molar refractivity (Wildman–Crippen MR) is 60.1 cm³/mol. The lowest BCUT2D eigenvalue weighted by Crippen LogP contribution is -2.35. The van der Waals surface area contributed by atoms with Crippen LogP contribution >= 0.6 is 0 Å². The summed E-state index contributed by atoms with van der Waals surface area (Å²) in [4.78, 5) is 2.48. The van der Waals surface area contributed by atoms with Gasteiger partial charge in [0.2, 0.25) is 0 Å². The van der Waals surface area contributed by atoms with Gasteiger partial charge in [-0.25, -0.2) is 0 Å². The normalized spacial score (nSPS) is 14.1. The van der Waals surface area contributed by atoms with Crippen LogP contribution in [0.1, 0.15) is 34.1 Å². The Hall–Kier alpha value is -0.0800. The van der Waals surface area contributed by atoms with Gasteiger partial charge in [-0.1, -0.05) is 27.7 Å². The molecule has 80 valence electrons. The van der Waals surface area contributed by atoms with E-state index in [1.54, 1.807) is 0 Å². The Kier molecular flexibility index (Phi) is 7.29. The molecule has 0 aliphatic carbocycles. The fraction of sp³-hybridized carbons (Fsp3) is 1.00. The molecule has 0 fully saturated rings. The minimum Gasteiger partial charge on any atom is -0.317 e. The van der Waals surface area contributed by atoms with Gasteiger partial charge < -0.3 is 10.2 Å². The maximum atomic E-state index is 3.38. The van der Waals surface area contributed by atoms with Crippen LogP contribution in [0.3, 0.4) is 0 Å². The number of nitrogens with zero attached hydrogens (tertiary/aromatic N) is 1. The van der Waals surface area contributed by atoms with Gasteiger partial charge in [-0.2, -0.15) is 0 Å². The molecule has 0 amide bonds. The van der Waals surface area contributed by atoms with Gasteiger partial charge in [0.05, 0.1) is 0 Å². The van der Waals surface area contributed by atoms with Crippen molar-refractivity contribution in [2.24, 2.45) is 5.92 Å². The quantitative estimate of drug-likeness (QED) is 0.654. The molecule has 1 unspecified atom stereocenters. The van der Waals surface area contributed by atoms with E-state index < -0.39 is 0 Å². The molecule has 0 spiro atoms. The van der Waals surface area contributed by atoms with Crippen LogP contribution in [0.2, 0.25) is 0 Å². The van der Waals surface area contributed by atoms with Crippen LogP contribution in [0.5, 0.6) is 0 Å². The van der Waals surface area contributed by atoms with E-state index in [-0.39, 0.29) is 0 Å². The van der Waals surface area contributed by atoms with Gasteiger partial charge >= 0.3 is 0 Å². The highest BCUT2D eigenvalue weighted by Crippen LogP contribution is 2.06. The van der Waals surface area contributed by atoms with Crippen LogP contribution in [-0.2, 0) is 0 Å². The molecule has 1 atom stereocenters. The summed E-state index contributed by atoms with van der Waals surface area (Å²) in [7, 11) is 2.06. The van der Waals surface area contributed by atoms with E-state index in [1.165, 1.54) is 26.1 Å². The minimum atomic E-state index is 0.667. The Morgan fingerprint density at radius 3 is 2.00 bits per heavy atom. The summed E-state index contributed by atoms with van der Waals surface area (Å²) in [5.74, 6) is 0.737. The fourth-order valence-corrected chi connectivity index (χ4v) is 1.67. The number of nitrogens with one attached hydrogen (secondary N) is 1. The second-order valence-electron chi connectivity index (χ2n) is 3.95. The van der Waals surface area contributed by atoms with Crippen LogP contribution in [0.15, 0.2) is 0 Å². The topological polar surface area (TPSA) is 15.3 Å². The summed E-state index contributed by atoms with van der Waals surface area (Å²) < 4.78 is 0. The fourth-order valence-electron chi connectivity index (χ4n) is 1.67. The highest BCUT2D eigenvalue weighted by molar-refractivity contribution is 4.70. The first-order valence-electron chi connectivity index (χ1n) is 5.55. The van der Waals surface area contributed by atoms with Crippen molar-refractivity contribution in [3.63, 3.8) is 0 Å². The molecular weight excluding hydrogens is 160 g/mol. The third-order valence-corrected chi connectivity index (χ3v) is 2.83. The van der Waals surface area contributed by atoms with E-state index in [0.29, 0.717) is 6.04 Å². The van der Waals surface area contributed by atoms with Gasteiger partial charge in [0.1, 0.15) is 0 Å². The van der Waals surface area contributed by atoms with Gasteiger partial charge in [0, 0.05) is 6.04 Å². The third kappa shape index (κ3) is 5.27. The highest BCUT2D eigenvalue weighted by atomic mass is 15.1. The Bertz CT molecular complexity index is 109. The molecule has 13 heavy (non-hydrogen) atoms. The van der Waals surface area contributed by atoms with Crippen LogP contribution < -0.4 is 5.32 Å². The summed E-state index contributed by atoms with van der Waals surface area (Å²) in [6, 6.07) is 0.667. The van der Waals surface area contributed by atoms with E-state index in [9.17, 15) is 0 Å². The van der Waals surface area contributed by atoms with Crippen molar-refractivity contribution in [2.75, 3.05) is 26.7 Å². The first-order valence-corrected chi connectivity index (χ1v) is 5.55. The molecule has 0 aromatic heterocycles. The van der Waals surface area contributed by atoms with Gasteiger partial charge in [0.25, 0.3) is 0 Å². The minimum absolute atomic E-state index is 0.667. The zero-order valence-electron chi connectivity index (χ0n) is 9.93. The molecule has 0 aromatic carbocycles. The van der Waals surface area contributed by atoms with Crippen molar-refractivity contribution in [3.05, 3.63) is 0 Å². The molecule has 2 heteroatoms. The average molecular weight is 186 g/mol. The molecule has 0 heterocycles. The van der Waals surface area contributed by atoms with Crippen molar-refractivity contribution < 1.29 is 0 Å². The maximum absolute atomic E-state index is 3.38. The average Bonchev–Trinajstić information content (AvgIpc) is 2.12. The SMILES string of the molecule is CCN(CC)CCC(NC)C(C)C. The summed E-state index contributed by atoms with van der Waals surface area (Å²) in [6.45, 7) is 12.6. The largest absolute Gasteiger partial charge is 0.317 e. The van der Waals surface area contributed by atoms with E-state index >= 15 is 0 Å². The van der Waals surface area contributed by atoms with E-state index in [0.717, 1.165) is 5.92 Å². The van der Waals surface area contributed by atoms with Crippen molar-refractivity contribution in [1.82, 2.24) is 10.2 Å². The molecule has 1 N–H and O–H groups in total. The second kappa shape index (κ2) is 7.34. The summed E-state index contributed by atoms with van der Waals surface area (Å²) >= 11 is 0. The van der Waals surface area contributed by atoms with Crippen molar-refractivity contribution in [2.45, 2.75) is 40.2 Å². The standard InChI is InChI=1S/C11H26N2/c1-6-13(7-2)9-8-11(12-5)10(3)4/h10-12H,6-9H2,1-5H3.